The molecule has 1 aliphatic rings. The molecule has 74 valence electrons. The van der Waals surface area contributed by atoms with Crippen LogP contribution in [-0.2, 0) is 6.42 Å². The normalized spacial score (nSPS) is 21.4. The Balaban J connectivity index is 2.49. The standard InChI is InChI=1S/C11H16BNO/c1-7-6-13-3-2-8-4-11(14)10(12)5-9(7)8/h4-5,7,13-14H,2-3,6,12H2,1H3. The van der Waals surface area contributed by atoms with Crippen LogP contribution in [0.25, 0.3) is 0 Å². The first-order valence-electron chi connectivity index (χ1n) is 5.21. The van der Waals surface area contributed by atoms with Crippen LogP contribution in [0.3, 0.4) is 0 Å². The maximum atomic E-state index is 9.63. The molecule has 0 aliphatic carbocycles. The van der Waals surface area contributed by atoms with Gasteiger partial charge in [0.2, 0.25) is 0 Å². The first-order valence-corrected chi connectivity index (χ1v) is 5.21. The van der Waals surface area contributed by atoms with Crippen molar-refractivity contribution < 1.29 is 5.11 Å². The van der Waals surface area contributed by atoms with Gasteiger partial charge in [0.1, 0.15) is 13.6 Å². The molecule has 1 atom stereocenters. The van der Waals surface area contributed by atoms with Crippen LogP contribution in [0.1, 0.15) is 24.0 Å². The van der Waals surface area contributed by atoms with Gasteiger partial charge in [0.15, 0.2) is 0 Å². The van der Waals surface area contributed by atoms with Gasteiger partial charge in [-0.25, -0.2) is 0 Å². The molecule has 0 spiro atoms. The van der Waals surface area contributed by atoms with Gasteiger partial charge in [-0.1, -0.05) is 13.0 Å². The molecular weight excluding hydrogens is 173 g/mol. The number of fused-ring (bicyclic) bond motifs is 1. The first-order chi connectivity index (χ1) is 6.68. The number of benzene rings is 1. The average Bonchev–Trinajstić information content (AvgIpc) is 2.31. The van der Waals surface area contributed by atoms with Crippen LogP contribution in [-0.4, -0.2) is 26.0 Å². The minimum atomic E-state index is 0.429. The quantitative estimate of drug-likeness (QED) is 0.558. The fourth-order valence-electron chi connectivity index (χ4n) is 2.09. The fraction of sp³-hybridized carbons (Fsp3) is 0.455. The van der Waals surface area contributed by atoms with E-state index in [1.807, 2.05) is 13.9 Å². The van der Waals surface area contributed by atoms with E-state index in [9.17, 15) is 5.11 Å². The van der Waals surface area contributed by atoms with Gasteiger partial charge in [0.25, 0.3) is 0 Å². The summed E-state index contributed by atoms with van der Waals surface area (Å²) in [5.41, 5.74) is 3.67. The van der Waals surface area contributed by atoms with Crippen LogP contribution in [0.2, 0.25) is 0 Å². The lowest BCUT2D eigenvalue weighted by Gasteiger charge is -2.14. The van der Waals surface area contributed by atoms with E-state index >= 15 is 0 Å². The summed E-state index contributed by atoms with van der Waals surface area (Å²) < 4.78 is 0. The zero-order valence-corrected chi connectivity index (χ0v) is 8.80. The van der Waals surface area contributed by atoms with Crippen LogP contribution < -0.4 is 10.8 Å². The smallest absolute Gasteiger partial charge is 0.144 e. The average molecular weight is 189 g/mol. The summed E-state index contributed by atoms with van der Waals surface area (Å²) in [6.45, 7) is 4.28. The Hall–Kier alpha value is -0.955. The lowest BCUT2D eigenvalue weighted by molar-refractivity contribution is 0.478. The highest BCUT2D eigenvalue weighted by molar-refractivity contribution is 6.34. The third kappa shape index (κ3) is 1.64. The van der Waals surface area contributed by atoms with Gasteiger partial charge < -0.3 is 10.4 Å². The lowest BCUT2D eigenvalue weighted by Crippen LogP contribution is -2.18. The number of aromatic hydroxyl groups is 1. The van der Waals surface area contributed by atoms with E-state index in [1.54, 1.807) is 0 Å². The van der Waals surface area contributed by atoms with Crippen molar-refractivity contribution in [2.75, 3.05) is 13.1 Å². The number of nitrogens with one attached hydrogen (secondary N) is 1. The maximum Gasteiger partial charge on any atom is 0.144 e. The Kier molecular flexibility index (Phi) is 2.51. The fourth-order valence-corrected chi connectivity index (χ4v) is 2.09. The van der Waals surface area contributed by atoms with Gasteiger partial charge >= 0.3 is 0 Å². The second-order valence-electron chi connectivity index (χ2n) is 4.19. The minimum Gasteiger partial charge on any atom is -0.509 e. The molecule has 1 aromatic carbocycles. The van der Waals surface area contributed by atoms with Gasteiger partial charge in [-0.05, 0) is 41.5 Å². The SMILES string of the molecule is Bc1cc2c(cc1O)CCNCC2C. The topological polar surface area (TPSA) is 32.3 Å². The molecule has 0 bridgehead atoms. The van der Waals surface area contributed by atoms with Crippen LogP contribution in [0.5, 0.6) is 5.75 Å². The summed E-state index contributed by atoms with van der Waals surface area (Å²) in [6.07, 6.45) is 1.02. The van der Waals surface area contributed by atoms with E-state index in [0.29, 0.717) is 11.7 Å². The highest BCUT2D eigenvalue weighted by atomic mass is 16.3. The predicted octanol–water partition coefficient (Wildman–Crippen LogP) is -0.100. The van der Waals surface area contributed by atoms with E-state index in [0.717, 1.165) is 25.0 Å². The van der Waals surface area contributed by atoms with Crippen LogP contribution in [0.15, 0.2) is 12.1 Å². The summed E-state index contributed by atoms with van der Waals surface area (Å²) >= 11 is 0. The van der Waals surface area contributed by atoms with Crippen molar-refractivity contribution in [1.82, 2.24) is 5.32 Å². The van der Waals surface area contributed by atoms with Crippen LogP contribution in [0.4, 0.5) is 0 Å². The Morgan fingerprint density at radius 2 is 2.29 bits per heavy atom. The third-order valence-electron chi connectivity index (χ3n) is 3.01. The molecule has 0 fully saturated rings. The molecule has 1 unspecified atom stereocenters. The third-order valence-corrected chi connectivity index (χ3v) is 3.01. The number of phenols is 1. The van der Waals surface area contributed by atoms with E-state index in [4.69, 9.17) is 0 Å². The van der Waals surface area contributed by atoms with E-state index in [-0.39, 0.29) is 0 Å². The first kappa shape index (κ1) is 9.59. The highest BCUT2D eigenvalue weighted by Gasteiger charge is 2.15. The van der Waals surface area contributed by atoms with Crippen molar-refractivity contribution in [3.05, 3.63) is 23.3 Å². The molecule has 1 aromatic rings. The van der Waals surface area contributed by atoms with Gasteiger partial charge in [-0.3, -0.25) is 0 Å². The molecule has 0 amide bonds. The molecule has 0 radical (unpaired) electrons. The van der Waals surface area contributed by atoms with Gasteiger partial charge in [0, 0.05) is 6.54 Å². The molecule has 1 aliphatic heterocycles. The van der Waals surface area contributed by atoms with Crippen molar-refractivity contribution in [2.45, 2.75) is 19.3 Å². The summed E-state index contributed by atoms with van der Waals surface area (Å²) in [5.74, 6) is 0.977. The summed E-state index contributed by atoms with van der Waals surface area (Å²) in [6, 6.07) is 4.05. The zero-order valence-electron chi connectivity index (χ0n) is 8.80. The van der Waals surface area contributed by atoms with Crippen LogP contribution >= 0.6 is 0 Å². The second kappa shape index (κ2) is 3.66. The predicted molar refractivity (Wildman–Crippen MR) is 61.3 cm³/mol. The molecule has 2 rings (SSSR count). The Labute approximate surface area is 85.7 Å². The second-order valence-corrected chi connectivity index (χ2v) is 4.19. The van der Waals surface area contributed by atoms with E-state index in [2.05, 4.69) is 18.3 Å². The zero-order chi connectivity index (χ0) is 10.1. The van der Waals surface area contributed by atoms with Crippen molar-refractivity contribution in [2.24, 2.45) is 0 Å². The molecule has 0 aromatic heterocycles. The van der Waals surface area contributed by atoms with E-state index < -0.39 is 0 Å². The Morgan fingerprint density at radius 3 is 3.07 bits per heavy atom. The molecule has 2 N–H and O–H groups in total. The Bertz CT molecular complexity index is 351. The number of rotatable bonds is 0. The van der Waals surface area contributed by atoms with Crippen LogP contribution in [0, 0.1) is 0 Å². The molecule has 14 heavy (non-hydrogen) atoms. The maximum absolute atomic E-state index is 9.63. The number of hydrogen-bond donors (Lipinski definition) is 2. The summed E-state index contributed by atoms with van der Waals surface area (Å²) in [7, 11) is 1.96. The van der Waals surface area contributed by atoms with Gasteiger partial charge in [-0.2, -0.15) is 0 Å². The summed E-state index contributed by atoms with van der Waals surface area (Å²) in [5, 5.41) is 13.0. The van der Waals surface area contributed by atoms with E-state index in [1.165, 1.54) is 11.1 Å². The van der Waals surface area contributed by atoms with Gasteiger partial charge in [0.05, 0.1) is 0 Å². The van der Waals surface area contributed by atoms with Gasteiger partial charge in [-0.15, -0.1) is 0 Å². The molecular formula is C11H16BNO. The Morgan fingerprint density at radius 1 is 1.50 bits per heavy atom. The van der Waals surface area contributed by atoms with Crippen molar-refractivity contribution >= 4 is 13.3 Å². The highest BCUT2D eigenvalue weighted by Crippen LogP contribution is 2.24. The van der Waals surface area contributed by atoms with Crippen molar-refractivity contribution in [1.29, 1.82) is 0 Å². The van der Waals surface area contributed by atoms with Crippen molar-refractivity contribution in [3.8, 4) is 5.75 Å². The lowest BCUT2D eigenvalue weighted by atomic mass is 9.86. The molecule has 0 saturated carbocycles. The molecule has 1 heterocycles. The molecule has 0 saturated heterocycles. The van der Waals surface area contributed by atoms with Crippen molar-refractivity contribution in [3.63, 3.8) is 0 Å². The number of phenolic OH excluding ortho intramolecular Hbond substituents is 1. The summed E-state index contributed by atoms with van der Waals surface area (Å²) in [4.78, 5) is 0. The number of hydrogen-bond acceptors (Lipinski definition) is 2. The largest absolute Gasteiger partial charge is 0.509 e. The molecule has 2 nitrogen and oxygen atoms in total. The monoisotopic (exact) mass is 189 g/mol. The molecule has 3 heteroatoms. The minimum absolute atomic E-state index is 0.429.